The number of ether oxygens (including phenoxy) is 1. The number of nitrogens with zero attached hydrogens (tertiary/aromatic N) is 6. The quantitative estimate of drug-likeness (QED) is 0.398. The third kappa shape index (κ3) is 3.44. The molecule has 0 saturated carbocycles. The maximum atomic E-state index is 14.9. The molecule has 4 amide bonds. The van der Waals surface area contributed by atoms with Gasteiger partial charge in [0.05, 0.1) is 13.2 Å². The Hall–Kier alpha value is -3.02. The summed E-state index contributed by atoms with van der Waals surface area (Å²) in [5, 5.41) is 11.7. The third-order valence-corrected chi connectivity index (χ3v) is 18.2. The molecule has 6 atom stereocenters. The minimum absolute atomic E-state index is 0.0294. The summed E-state index contributed by atoms with van der Waals surface area (Å²) >= 11 is 2.62. The van der Waals surface area contributed by atoms with Gasteiger partial charge in [-0.15, -0.1) is 23.5 Å². The van der Waals surface area contributed by atoms with E-state index < -0.39 is 37.8 Å². The van der Waals surface area contributed by atoms with Crippen molar-refractivity contribution >= 4 is 85.3 Å². The highest BCUT2D eigenvalue weighted by atomic mass is 33.1. The standard InChI is InChI=1S/C34H36N6O6S4/c1-35-28(44)34(48-5)18-46-19-38-24-13-9-7-11-22(24)30(16-32-27(43)36(2)33(17-41,50-49-32)29(45)40(32)25(30)38)39-15-20(21-10-6-8-12-23(21)39)14-31(35,47-4)26(42)37(34)3/h6-13,15,25,41H,14,16-19H2,1-5H3. The Balaban J connectivity index is 1.37. The molecule has 50 heavy (non-hydrogen) atoms. The van der Waals surface area contributed by atoms with Gasteiger partial charge in [-0.3, -0.25) is 24.1 Å². The number of aliphatic hydroxyl groups excluding tert-OH is 1. The zero-order chi connectivity index (χ0) is 35.2. The highest BCUT2D eigenvalue weighted by Gasteiger charge is 2.79. The lowest BCUT2D eigenvalue weighted by atomic mass is 9.86. The van der Waals surface area contributed by atoms with Crippen LogP contribution in [0.4, 0.5) is 5.69 Å². The Morgan fingerprint density at radius 1 is 0.860 bits per heavy atom. The lowest BCUT2D eigenvalue weighted by molar-refractivity contribution is -0.168. The number of aromatic nitrogens is 1. The Labute approximate surface area is 305 Å². The maximum Gasteiger partial charge on any atom is 0.265 e. The monoisotopic (exact) mass is 752 g/mol. The fourth-order valence-corrected chi connectivity index (χ4v) is 14.8. The lowest BCUT2D eigenvalue weighted by Crippen LogP contribution is -2.78. The van der Waals surface area contributed by atoms with Gasteiger partial charge in [-0.05, 0) is 41.0 Å². The predicted molar refractivity (Wildman–Crippen MR) is 196 cm³/mol. The van der Waals surface area contributed by atoms with E-state index in [1.807, 2.05) is 59.9 Å². The average Bonchev–Trinajstić information content (AvgIpc) is 3.75. The van der Waals surface area contributed by atoms with Gasteiger partial charge >= 0.3 is 0 Å². The minimum Gasteiger partial charge on any atom is -0.392 e. The van der Waals surface area contributed by atoms with E-state index in [2.05, 4.69) is 16.8 Å². The first-order valence-electron chi connectivity index (χ1n) is 16.3. The normalized spacial score (nSPS) is 36.0. The molecule has 12 nitrogen and oxygen atoms in total. The van der Waals surface area contributed by atoms with Gasteiger partial charge in [0.25, 0.3) is 23.6 Å². The summed E-state index contributed by atoms with van der Waals surface area (Å²) in [5.41, 5.74) is 2.58. The van der Waals surface area contributed by atoms with Crippen LogP contribution in [0.5, 0.6) is 0 Å². The second-order valence-corrected chi connectivity index (χ2v) is 18.6. The van der Waals surface area contributed by atoms with Crippen LogP contribution in [0, 0.1) is 0 Å². The molecule has 0 radical (unpaired) electrons. The number of hydrogen-bond acceptors (Lipinski definition) is 11. The number of likely N-dealkylation sites (N-methyl/N-ethyl adjacent to an activating group) is 3. The number of piperazine rings is 2. The van der Waals surface area contributed by atoms with Gasteiger partial charge < -0.3 is 34.0 Å². The largest absolute Gasteiger partial charge is 0.392 e. The molecule has 0 aliphatic carbocycles. The van der Waals surface area contributed by atoms with Gasteiger partial charge in [0.1, 0.15) is 18.4 Å². The fraction of sp³-hybridized carbons (Fsp3) is 0.471. The summed E-state index contributed by atoms with van der Waals surface area (Å²) in [5.74, 6) is -0.959. The number of hydrogen-bond donors (Lipinski definition) is 1. The third-order valence-electron chi connectivity index (χ3n) is 12.0. The van der Waals surface area contributed by atoms with Gasteiger partial charge in [0, 0.05) is 62.3 Å². The summed E-state index contributed by atoms with van der Waals surface area (Å²) in [6.45, 7) is -0.652. The zero-order valence-electron chi connectivity index (χ0n) is 28.1. The van der Waals surface area contributed by atoms with Gasteiger partial charge in [-0.1, -0.05) is 47.2 Å². The van der Waals surface area contributed by atoms with E-state index in [1.54, 1.807) is 35.8 Å². The van der Waals surface area contributed by atoms with E-state index in [-0.39, 0.29) is 49.8 Å². The summed E-state index contributed by atoms with van der Waals surface area (Å²) < 4.78 is 8.78. The molecule has 8 bridgehead atoms. The molecule has 3 aromatic rings. The zero-order valence-corrected chi connectivity index (χ0v) is 31.4. The van der Waals surface area contributed by atoms with E-state index in [9.17, 15) is 24.3 Å². The number of fused-ring (bicyclic) bond motifs is 8. The molecule has 8 aliphatic rings. The van der Waals surface area contributed by atoms with Gasteiger partial charge in [0.15, 0.2) is 14.6 Å². The molecule has 5 fully saturated rings. The van der Waals surface area contributed by atoms with E-state index in [1.165, 1.54) is 50.0 Å². The number of carbonyl (C=O) groups excluding carboxylic acids is 4. The lowest BCUT2D eigenvalue weighted by Gasteiger charge is -2.58. The molecule has 1 aromatic heterocycles. The number of anilines is 1. The Bertz CT molecular complexity index is 2050. The van der Waals surface area contributed by atoms with Crippen LogP contribution in [-0.4, -0.2) is 132 Å². The van der Waals surface area contributed by atoms with Crippen molar-refractivity contribution in [2.24, 2.45) is 0 Å². The second kappa shape index (κ2) is 10.5. The van der Waals surface area contributed by atoms with Gasteiger partial charge in [-0.25, -0.2) is 0 Å². The molecule has 6 unspecified atom stereocenters. The highest BCUT2D eigenvalue weighted by molar-refractivity contribution is 8.78. The van der Waals surface area contributed by atoms with Crippen LogP contribution >= 0.6 is 45.1 Å². The van der Waals surface area contributed by atoms with E-state index >= 15 is 0 Å². The molecule has 11 rings (SSSR count). The summed E-state index contributed by atoms with van der Waals surface area (Å²) in [4.78, 5) is 61.7. The smallest absolute Gasteiger partial charge is 0.265 e. The van der Waals surface area contributed by atoms with Crippen molar-refractivity contribution in [3.63, 3.8) is 0 Å². The van der Waals surface area contributed by atoms with Crippen LogP contribution in [0.1, 0.15) is 17.5 Å². The molecule has 2 aromatic carbocycles. The number of amides is 4. The van der Waals surface area contributed by atoms with Crippen molar-refractivity contribution in [2.75, 3.05) is 58.5 Å². The van der Waals surface area contributed by atoms with E-state index in [0.29, 0.717) is 0 Å². The second-order valence-electron chi connectivity index (χ2n) is 13.8. The Morgan fingerprint density at radius 3 is 2.28 bits per heavy atom. The van der Waals surface area contributed by atoms with Crippen LogP contribution < -0.4 is 4.90 Å². The topological polar surface area (TPSA) is 119 Å². The number of benzene rings is 2. The van der Waals surface area contributed by atoms with Crippen molar-refractivity contribution in [2.45, 2.75) is 44.0 Å². The predicted octanol–water partition coefficient (Wildman–Crippen LogP) is 2.59. The van der Waals surface area contributed by atoms with Crippen LogP contribution in [0.25, 0.3) is 10.9 Å². The maximum absolute atomic E-state index is 14.9. The Morgan fingerprint density at radius 2 is 1.54 bits per heavy atom. The molecule has 1 N–H and O–H groups in total. The van der Waals surface area contributed by atoms with Crippen molar-refractivity contribution < 1.29 is 29.0 Å². The summed E-state index contributed by atoms with van der Waals surface area (Å²) in [6, 6.07) is 16.0. The number of para-hydroxylation sites is 2. The number of aliphatic hydroxyl groups is 1. The van der Waals surface area contributed by atoms with Crippen molar-refractivity contribution in [3.8, 4) is 0 Å². The van der Waals surface area contributed by atoms with Crippen LogP contribution in [0.2, 0.25) is 0 Å². The summed E-state index contributed by atoms with van der Waals surface area (Å²) in [6.07, 6.45) is 5.54. The van der Waals surface area contributed by atoms with Crippen LogP contribution in [0.15, 0.2) is 54.7 Å². The number of carbonyl (C=O) groups is 4. The van der Waals surface area contributed by atoms with Crippen molar-refractivity contribution in [1.82, 2.24) is 24.2 Å². The average molecular weight is 753 g/mol. The minimum atomic E-state index is -1.47. The molecule has 5 saturated heterocycles. The Kier molecular flexibility index (Phi) is 6.92. The van der Waals surface area contributed by atoms with Crippen LogP contribution in [-0.2, 0) is 35.9 Å². The molecular formula is C34H36N6O6S4. The molecule has 262 valence electrons. The van der Waals surface area contributed by atoms with Crippen LogP contribution in [0.3, 0.4) is 0 Å². The van der Waals surface area contributed by atoms with Gasteiger partial charge in [0.2, 0.25) is 4.87 Å². The summed E-state index contributed by atoms with van der Waals surface area (Å²) in [7, 11) is 7.61. The van der Waals surface area contributed by atoms with E-state index in [4.69, 9.17) is 4.74 Å². The molecule has 8 aliphatic heterocycles. The molecule has 1 spiro atoms. The first-order chi connectivity index (χ1) is 24.0. The first kappa shape index (κ1) is 32.9. The fourth-order valence-electron chi connectivity index (χ4n) is 9.37. The first-order valence-corrected chi connectivity index (χ1v) is 20.9. The molecular weight excluding hydrogens is 717 g/mol. The highest BCUT2D eigenvalue weighted by Crippen LogP contribution is 2.70. The van der Waals surface area contributed by atoms with E-state index in [0.717, 1.165) is 27.7 Å². The SMILES string of the molecule is CSC12COCN3c4ccccc4C4(CC56SSC(CO)(C(=O)N5C34)N(C)C6=O)n3cc(c4ccccc43)CC(SC)(C(=O)N1C)N(C)C2=O. The van der Waals surface area contributed by atoms with Crippen molar-refractivity contribution in [3.05, 3.63) is 65.9 Å². The molecule has 16 heteroatoms. The number of thioether (sulfide) groups is 2. The number of rotatable bonds is 3. The van der Waals surface area contributed by atoms with Gasteiger partial charge in [-0.2, -0.15) is 0 Å². The molecule has 9 heterocycles. The van der Waals surface area contributed by atoms with Crippen molar-refractivity contribution in [1.29, 1.82) is 0 Å².